The quantitative estimate of drug-likeness (QED) is 0.190. The van der Waals surface area contributed by atoms with Crippen LogP contribution < -0.4 is 4.90 Å². The van der Waals surface area contributed by atoms with Crippen LogP contribution in [0.5, 0.6) is 0 Å². The molecule has 0 radical (unpaired) electrons. The molecule has 1 heteroatoms. The second-order valence-corrected chi connectivity index (χ2v) is 15.9. The highest BCUT2D eigenvalue weighted by Gasteiger charge is 2.42. The molecule has 0 aliphatic heterocycles. The Hall–Kier alpha value is -4.88. The van der Waals surface area contributed by atoms with E-state index >= 15 is 0 Å². The summed E-state index contributed by atoms with van der Waals surface area (Å²) in [5, 5.41) is 0. The molecule has 3 aliphatic carbocycles. The van der Waals surface area contributed by atoms with Gasteiger partial charge in [0.25, 0.3) is 0 Å². The lowest BCUT2D eigenvalue weighted by atomic mass is 9.80. The van der Waals surface area contributed by atoms with E-state index < -0.39 is 0 Å². The predicted octanol–water partition coefficient (Wildman–Crippen LogP) is 12.7. The molecule has 0 aromatic heterocycles. The van der Waals surface area contributed by atoms with Crippen LogP contribution in [-0.2, 0) is 16.2 Å². The summed E-state index contributed by atoms with van der Waals surface area (Å²) in [6.07, 6.45) is 0. The van der Waals surface area contributed by atoms with Crippen molar-refractivity contribution in [3.05, 3.63) is 160 Å². The zero-order chi connectivity index (χ0) is 33.3. The summed E-state index contributed by atoms with van der Waals surface area (Å²) in [5.41, 5.74) is 22.6. The average Bonchev–Trinajstić information content (AvgIpc) is 3.55. The standard InChI is InChI=1S/C47H43N/c1-28-25-29(2)44-34(26-28)43-38(47(44,7)8)20-14-22-41(43)48(30-23-24-32-31-15-9-11-17-35(31)46(5,6)39(32)27-30)40-21-13-19-37-42(40)33-16-10-12-18-36(33)45(37,3)4/h9-27H,1-8H3. The Bertz CT molecular complexity index is 2350. The van der Waals surface area contributed by atoms with E-state index in [0.717, 1.165) is 0 Å². The summed E-state index contributed by atoms with van der Waals surface area (Å²) in [4.78, 5) is 2.60. The monoisotopic (exact) mass is 621 g/mol. The molecule has 0 atom stereocenters. The van der Waals surface area contributed by atoms with Crippen LogP contribution in [0.2, 0.25) is 0 Å². The van der Waals surface area contributed by atoms with Crippen molar-refractivity contribution in [3.63, 3.8) is 0 Å². The number of anilines is 3. The molecule has 0 saturated heterocycles. The number of hydrogen-bond donors (Lipinski definition) is 0. The molecule has 0 N–H and O–H groups in total. The van der Waals surface area contributed by atoms with E-state index in [-0.39, 0.29) is 16.2 Å². The van der Waals surface area contributed by atoms with Crippen molar-refractivity contribution in [1.82, 2.24) is 0 Å². The molecule has 9 rings (SSSR count). The first-order valence-electron chi connectivity index (χ1n) is 17.5. The van der Waals surface area contributed by atoms with Crippen LogP contribution in [0.15, 0.2) is 115 Å². The normalized spacial score (nSPS) is 16.4. The Kier molecular flexibility index (Phi) is 5.86. The Morgan fingerprint density at radius 1 is 0.417 bits per heavy atom. The zero-order valence-corrected chi connectivity index (χ0v) is 29.4. The zero-order valence-electron chi connectivity index (χ0n) is 29.4. The highest BCUT2D eigenvalue weighted by Crippen LogP contribution is 2.59. The first-order valence-corrected chi connectivity index (χ1v) is 17.5. The Morgan fingerprint density at radius 2 is 0.938 bits per heavy atom. The summed E-state index contributed by atoms with van der Waals surface area (Å²) in [6.45, 7) is 18.9. The molecule has 0 saturated carbocycles. The largest absolute Gasteiger partial charge is 0.309 e. The first kappa shape index (κ1) is 29.3. The first-order chi connectivity index (χ1) is 22.9. The van der Waals surface area contributed by atoms with Gasteiger partial charge in [-0.2, -0.15) is 0 Å². The fourth-order valence-corrected chi connectivity index (χ4v) is 9.82. The third-order valence-electron chi connectivity index (χ3n) is 12.0. The maximum atomic E-state index is 2.60. The molecule has 6 aromatic carbocycles. The summed E-state index contributed by atoms with van der Waals surface area (Å²) < 4.78 is 0. The van der Waals surface area contributed by atoms with Crippen molar-refractivity contribution in [2.75, 3.05) is 4.90 Å². The van der Waals surface area contributed by atoms with Gasteiger partial charge in [-0.15, -0.1) is 0 Å². The van der Waals surface area contributed by atoms with Crippen molar-refractivity contribution in [2.45, 2.75) is 71.6 Å². The number of hydrogen-bond acceptors (Lipinski definition) is 1. The van der Waals surface area contributed by atoms with Crippen LogP contribution in [0.3, 0.4) is 0 Å². The lowest BCUT2D eigenvalue weighted by Crippen LogP contribution is -2.18. The fraction of sp³-hybridized carbons (Fsp3) is 0.234. The van der Waals surface area contributed by atoms with Crippen LogP contribution in [-0.4, -0.2) is 0 Å². The van der Waals surface area contributed by atoms with Crippen molar-refractivity contribution in [1.29, 1.82) is 0 Å². The van der Waals surface area contributed by atoms with E-state index in [1.165, 1.54) is 95.0 Å². The Balaban J connectivity index is 1.38. The Morgan fingerprint density at radius 3 is 1.62 bits per heavy atom. The molecule has 48 heavy (non-hydrogen) atoms. The molecule has 0 bridgehead atoms. The smallest absolute Gasteiger partial charge is 0.0543 e. The van der Waals surface area contributed by atoms with Gasteiger partial charge >= 0.3 is 0 Å². The van der Waals surface area contributed by atoms with Crippen molar-refractivity contribution < 1.29 is 0 Å². The fourth-order valence-electron chi connectivity index (χ4n) is 9.82. The molecule has 0 amide bonds. The van der Waals surface area contributed by atoms with Crippen molar-refractivity contribution in [3.8, 4) is 33.4 Å². The van der Waals surface area contributed by atoms with Gasteiger partial charge in [-0.3, -0.25) is 0 Å². The highest BCUT2D eigenvalue weighted by atomic mass is 15.1. The van der Waals surface area contributed by atoms with E-state index in [9.17, 15) is 0 Å². The molecule has 0 heterocycles. The molecule has 0 fully saturated rings. The lowest BCUT2D eigenvalue weighted by molar-refractivity contribution is 0.655. The van der Waals surface area contributed by atoms with Gasteiger partial charge in [0.1, 0.15) is 0 Å². The van der Waals surface area contributed by atoms with Crippen LogP contribution in [0.4, 0.5) is 17.1 Å². The Labute approximate surface area is 285 Å². The number of fused-ring (bicyclic) bond motifs is 9. The van der Waals surface area contributed by atoms with Gasteiger partial charge in [-0.1, -0.05) is 138 Å². The minimum absolute atomic E-state index is 0.0867. The number of aryl methyl sites for hydroxylation is 2. The van der Waals surface area contributed by atoms with Crippen LogP contribution in [0, 0.1) is 13.8 Å². The van der Waals surface area contributed by atoms with Gasteiger partial charge in [-0.05, 0) is 99.3 Å². The van der Waals surface area contributed by atoms with E-state index in [0.29, 0.717) is 0 Å². The topological polar surface area (TPSA) is 3.24 Å². The van der Waals surface area contributed by atoms with Gasteiger partial charge in [-0.25, -0.2) is 0 Å². The minimum Gasteiger partial charge on any atom is -0.309 e. The third-order valence-corrected chi connectivity index (χ3v) is 12.0. The molecule has 6 aromatic rings. The molecular formula is C47H43N. The summed E-state index contributed by atoms with van der Waals surface area (Å²) in [6, 6.07) is 44.0. The second-order valence-electron chi connectivity index (χ2n) is 15.9. The summed E-state index contributed by atoms with van der Waals surface area (Å²) in [5.74, 6) is 0. The molecule has 0 unspecified atom stereocenters. The van der Waals surface area contributed by atoms with Crippen LogP contribution >= 0.6 is 0 Å². The summed E-state index contributed by atoms with van der Waals surface area (Å²) in [7, 11) is 0. The van der Waals surface area contributed by atoms with E-state index in [4.69, 9.17) is 0 Å². The van der Waals surface area contributed by atoms with Crippen molar-refractivity contribution in [2.24, 2.45) is 0 Å². The molecule has 0 spiro atoms. The lowest BCUT2D eigenvalue weighted by Gasteiger charge is -2.32. The molecular weight excluding hydrogens is 579 g/mol. The average molecular weight is 622 g/mol. The van der Waals surface area contributed by atoms with E-state index in [1.807, 2.05) is 0 Å². The van der Waals surface area contributed by atoms with Gasteiger partial charge in [0.05, 0.1) is 11.4 Å². The van der Waals surface area contributed by atoms with Crippen LogP contribution in [0.1, 0.15) is 86.1 Å². The summed E-state index contributed by atoms with van der Waals surface area (Å²) >= 11 is 0. The van der Waals surface area contributed by atoms with Crippen LogP contribution in [0.25, 0.3) is 33.4 Å². The SMILES string of the molecule is Cc1cc(C)c2c(c1)-c1c(N(c3ccc4c(c3)C(C)(C)c3ccccc3-4)c3cccc4c3-c3ccccc3C4(C)C)cccc1C2(C)C. The number of benzene rings is 6. The maximum Gasteiger partial charge on any atom is 0.0543 e. The molecule has 236 valence electrons. The number of rotatable bonds is 3. The third kappa shape index (κ3) is 3.68. The maximum absolute atomic E-state index is 2.60. The highest BCUT2D eigenvalue weighted by molar-refractivity contribution is 6.01. The molecule has 1 nitrogen and oxygen atoms in total. The van der Waals surface area contributed by atoms with Gasteiger partial charge in [0.2, 0.25) is 0 Å². The predicted molar refractivity (Wildman–Crippen MR) is 203 cm³/mol. The van der Waals surface area contributed by atoms with E-state index in [2.05, 4.69) is 176 Å². The van der Waals surface area contributed by atoms with Gasteiger partial charge in [0, 0.05) is 33.1 Å². The second kappa shape index (κ2) is 9.60. The van der Waals surface area contributed by atoms with Gasteiger partial charge < -0.3 is 4.90 Å². The van der Waals surface area contributed by atoms with Gasteiger partial charge in [0.15, 0.2) is 0 Å². The minimum atomic E-state index is -0.0983. The van der Waals surface area contributed by atoms with Crippen molar-refractivity contribution >= 4 is 17.1 Å². The van der Waals surface area contributed by atoms with E-state index in [1.54, 1.807) is 0 Å². The number of nitrogens with zero attached hydrogens (tertiary/aromatic N) is 1. The molecule has 3 aliphatic rings.